The average molecular weight is 285 g/mol. The highest BCUT2D eigenvalue weighted by molar-refractivity contribution is 6.30. The third-order valence-corrected chi connectivity index (χ3v) is 2.82. The molecule has 0 saturated carbocycles. The Balaban J connectivity index is 2.47. The van der Waals surface area contributed by atoms with E-state index in [-0.39, 0.29) is 19.0 Å². The number of nitrogens with zero attached hydrogens (tertiary/aromatic N) is 1. The number of amides is 1. The Hall–Kier alpha value is -1.59. The van der Waals surface area contributed by atoms with Gasteiger partial charge in [-0.25, -0.2) is 0 Å². The second-order valence-electron chi connectivity index (χ2n) is 4.10. The van der Waals surface area contributed by atoms with Crippen LogP contribution >= 0.6 is 11.6 Å². The summed E-state index contributed by atoms with van der Waals surface area (Å²) in [6.45, 7) is 3.08. The van der Waals surface area contributed by atoms with Gasteiger partial charge < -0.3 is 10.4 Å². The van der Waals surface area contributed by atoms with E-state index in [0.29, 0.717) is 18.1 Å². The van der Waals surface area contributed by atoms with E-state index in [1.807, 2.05) is 24.0 Å². The molecule has 0 aliphatic rings. The van der Waals surface area contributed by atoms with Crippen molar-refractivity contribution in [2.75, 3.05) is 19.6 Å². The normalized spacial score (nSPS) is 10.5. The van der Waals surface area contributed by atoms with Gasteiger partial charge in [0.2, 0.25) is 5.91 Å². The first-order chi connectivity index (χ1) is 9.01. The van der Waals surface area contributed by atoms with Crippen molar-refractivity contribution in [3.05, 3.63) is 34.9 Å². The number of carboxylic acid groups (broad SMARTS) is 1. The van der Waals surface area contributed by atoms with Gasteiger partial charge in [0.1, 0.15) is 6.54 Å². The quantitative estimate of drug-likeness (QED) is 0.793. The van der Waals surface area contributed by atoms with E-state index in [1.165, 1.54) is 0 Å². The van der Waals surface area contributed by atoms with Crippen LogP contribution in [-0.2, 0) is 16.1 Å². The summed E-state index contributed by atoms with van der Waals surface area (Å²) in [6, 6.07) is 7.41. The van der Waals surface area contributed by atoms with Gasteiger partial charge in [-0.1, -0.05) is 30.7 Å². The molecule has 2 N–H and O–H groups in total. The van der Waals surface area contributed by atoms with Crippen LogP contribution < -0.4 is 5.32 Å². The Bertz CT molecular complexity index is 434. The van der Waals surface area contributed by atoms with Gasteiger partial charge in [0, 0.05) is 11.6 Å². The minimum atomic E-state index is -1.05. The molecule has 5 nitrogen and oxygen atoms in total. The van der Waals surface area contributed by atoms with Crippen LogP contribution in [-0.4, -0.2) is 41.5 Å². The van der Waals surface area contributed by atoms with Gasteiger partial charge in [-0.05, 0) is 24.2 Å². The van der Waals surface area contributed by atoms with Crippen LogP contribution in [0.1, 0.15) is 12.5 Å². The van der Waals surface area contributed by atoms with Crippen molar-refractivity contribution in [1.29, 1.82) is 0 Å². The molecule has 0 radical (unpaired) electrons. The molecule has 0 aliphatic heterocycles. The fourth-order valence-electron chi connectivity index (χ4n) is 1.56. The van der Waals surface area contributed by atoms with Crippen molar-refractivity contribution in [3.8, 4) is 0 Å². The number of nitrogens with one attached hydrogen (secondary N) is 1. The number of carbonyl (C=O) groups is 2. The van der Waals surface area contributed by atoms with Crippen LogP contribution in [0.15, 0.2) is 24.3 Å². The summed E-state index contributed by atoms with van der Waals surface area (Å²) >= 11 is 5.80. The van der Waals surface area contributed by atoms with E-state index in [0.717, 1.165) is 5.56 Å². The van der Waals surface area contributed by atoms with Crippen molar-refractivity contribution >= 4 is 23.5 Å². The van der Waals surface area contributed by atoms with E-state index in [2.05, 4.69) is 5.32 Å². The lowest BCUT2D eigenvalue weighted by atomic mass is 10.2. The molecule has 0 saturated heterocycles. The number of halogens is 1. The molecule has 104 valence electrons. The summed E-state index contributed by atoms with van der Waals surface area (Å²) in [5.74, 6) is -1.34. The lowest BCUT2D eigenvalue weighted by Gasteiger charge is -2.19. The van der Waals surface area contributed by atoms with Gasteiger partial charge in [-0.15, -0.1) is 0 Å². The van der Waals surface area contributed by atoms with Gasteiger partial charge >= 0.3 is 5.97 Å². The topological polar surface area (TPSA) is 69.6 Å². The molecule has 1 rings (SSSR count). The predicted molar refractivity (Wildman–Crippen MR) is 73.0 cm³/mol. The first kappa shape index (κ1) is 15.5. The minimum Gasteiger partial charge on any atom is -0.480 e. The third-order valence-electron chi connectivity index (χ3n) is 2.57. The maximum Gasteiger partial charge on any atom is 0.322 e. The zero-order valence-electron chi connectivity index (χ0n) is 10.7. The van der Waals surface area contributed by atoms with Crippen molar-refractivity contribution in [2.24, 2.45) is 0 Å². The molecule has 0 atom stereocenters. The standard InChI is InChI=1S/C13H17ClN2O3/c1-2-16(9-12(17)15-7-13(18)19)8-10-3-5-11(14)6-4-10/h3-6H,2,7-9H2,1H3,(H,15,17)(H,18,19). The van der Waals surface area contributed by atoms with Crippen LogP contribution in [0.3, 0.4) is 0 Å². The molecule has 0 heterocycles. The summed E-state index contributed by atoms with van der Waals surface area (Å²) in [5, 5.41) is 11.5. The number of carbonyl (C=O) groups excluding carboxylic acids is 1. The number of hydrogen-bond acceptors (Lipinski definition) is 3. The maximum absolute atomic E-state index is 11.5. The predicted octanol–water partition coefficient (Wildman–Crippen LogP) is 1.36. The first-order valence-corrected chi connectivity index (χ1v) is 6.34. The molecule has 1 aromatic rings. The first-order valence-electron chi connectivity index (χ1n) is 5.96. The Kier molecular flexibility index (Phi) is 6.32. The number of carboxylic acids is 1. The van der Waals surface area contributed by atoms with Crippen molar-refractivity contribution < 1.29 is 14.7 Å². The van der Waals surface area contributed by atoms with E-state index >= 15 is 0 Å². The molecule has 0 fully saturated rings. The molecular weight excluding hydrogens is 268 g/mol. The van der Waals surface area contributed by atoms with Crippen LogP contribution in [0.25, 0.3) is 0 Å². The van der Waals surface area contributed by atoms with Gasteiger partial charge in [0.15, 0.2) is 0 Å². The third kappa shape index (κ3) is 6.22. The molecule has 0 unspecified atom stereocenters. The molecule has 6 heteroatoms. The number of hydrogen-bond donors (Lipinski definition) is 2. The molecule has 0 bridgehead atoms. The van der Waals surface area contributed by atoms with E-state index in [4.69, 9.17) is 16.7 Å². The zero-order valence-corrected chi connectivity index (χ0v) is 11.5. The summed E-state index contributed by atoms with van der Waals surface area (Å²) in [7, 11) is 0. The van der Waals surface area contributed by atoms with Gasteiger partial charge in [-0.2, -0.15) is 0 Å². The number of likely N-dealkylation sites (N-methyl/N-ethyl adjacent to an activating group) is 1. The minimum absolute atomic E-state index is 0.173. The van der Waals surface area contributed by atoms with E-state index in [9.17, 15) is 9.59 Å². The average Bonchev–Trinajstić information content (AvgIpc) is 2.38. The number of rotatable bonds is 7. The van der Waals surface area contributed by atoms with E-state index in [1.54, 1.807) is 12.1 Å². The maximum atomic E-state index is 11.5. The highest BCUT2D eigenvalue weighted by atomic mass is 35.5. The Morgan fingerprint density at radius 1 is 1.32 bits per heavy atom. The lowest BCUT2D eigenvalue weighted by molar-refractivity contribution is -0.138. The SMILES string of the molecule is CCN(CC(=O)NCC(=O)O)Cc1ccc(Cl)cc1. The number of benzene rings is 1. The van der Waals surface area contributed by atoms with Gasteiger partial charge in [0.25, 0.3) is 0 Å². The summed E-state index contributed by atoms with van der Waals surface area (Å²) in [5.41, 5.74) is 1.05. The summed E-state index contributed by atoms with van der Waals surface area (Å²) in [4.78, 5) is 23.8. The second kappa shape index (κ2) is 7.76. The molecular formula is C13H17ClN2O3. The lowest BCUT2D eigenvalue weighted by Crippen LogP contribution is -2.38. The second-order valence-corrected chi connectivity index (χ2v) is 4.54. The Morgan fingerprint density at radius 2 is 1.95 bits per heavy atom. The monoisotopic (exact) mass is 284 g/mol. The Labute approximate surface area is 117 Å². The smallest absolute Gasteiger partial charge is 0.322 e. The van der Waals surface area contributed by atoms with Gasteiger partial charge in [0.05, 0.1) is 6.54 Å². The molecule has 19 heavy (non-hydrogen) atoms. The molecule has 0 aliphatic carbocycles. The molecule has 1 amide bonds. The fourth-order valence-corrected chi connectivity index (χ4v) is 1.69. The zero-order chi connectivity index (χ0) is 14.3. The Morgan fingerprint density at radius 3 is 2.47 bits per heavy atom. The molecule has 0 aromatic heterocycles. The molecule has 1 aromatic carbocycles. The van der Waals surface area contributed by atoms with Crippen molar-refractivity contribution in [2.45, 2.75) is 13.5 Å². The fraction of sp³-hybridized carbons (Fsp3) is 0.385. The summed E-state index contributed by atoms with van der Waals surface area (Å²) in [6.07, 6.45) is 0. The van der Waals surface area contributed by atoms with Crippen molar-refractivity contribution in [1.82, 2.24) is 10.2 Å². The highest BCUT2D eigenvalue weighted by Gasteiger charge is 2.10. The largest absolute Gasteiger partial charge is 0.480 e. The van der Waals surface area contributed by atoms with Crippen LogP contribution in [0.5, 0.6) is 0 Å². The highest BCUT2D eigenvalue weighted by Crippen LogP contribution is 2.11. The molecule has 0 spiro atoms. The van der Waals surface area contributed by atoms with Crippen molar-refractivity contribution in [3.63, 3.8) is 0 Å². The summed E-state index contributed by atoms with van der Waals surface area (Å²) < 4.78 is 0. The van der Waals surface area contributed by atoms with E-state index < -0.39 is 5.97 Å². The van der Waals surface area contributed by atoms with Crippen LogP contribution in [0.4, 0.5) is 0 Å². The van der Waals surface area contributed by atoms with Crippen LogP contribution in [0.2, 0.25) is 5.02 Å². The van der Waals surface area contributed by atoms with Gasteiger partial charge in [-0.3, -0.25) is 14.5 Å². The number of aliphatic carboxylic acids is 1. The van der Waals surface area contributed by atoms with Crippen LogP contribution in [0, 0.1) is 0 Å².